The molecule has 0 bridgehead atoms. The van der Waals surface area contributed by atoms with Crippen molar-refractivity contribution in [1.29, 1.82) is 0 Å². The summed E-state index contributed by atoms with van der Waals surface area (Å²) < 4.78 is 0. The maximum absolute atomic E-state index is 2.88. The van der Waals surface area contributed by atoms with Gasteiger partial charge in [0.25, 0.3) is 0 Å². The highest BCUT2D eigenvalue weighted by Gasteiger charge is 2.39. The summed E-state index contributed by atoms with van der Waals surface area (Å²) in [7, 11) is 0. The Morgan fingerprint density at radius 1 is 0.315 bits per heavy atom. The Labute approximate surface area is 324 Å². The van der Waals surface area contributed by atoms with Crippen LogP contribution in [0.2, 0.25) is 0 Å². The molecule has 2 fully saturated rings. The van der Waals surface area contributed by atoms with Crippen molar-refractivity contribution in [3.8, 4) is 0 Å². The predicted molar refractivity (Wildman–Crippen MR) is 221 cm³/mol. The molecule has 0 saturated heterocycles. The van der Waals surface area contributed by atoms with Gasteiger partial charge in [0.1, 0.15) is 0 Å². The third kappa shape index (κ3) is 8.14. The Balaban J connectivity index is 1.15. The summed E-state index contributed by atoms with van der Waals surface area (Å²) >= 11 is 0. The van der Waals surface area contributed by atoms with E-state index in [2.05, 4.69) is 153 Å². The Morgan fingerprint density at radius 2 is 0.537 bits per heavy atom. The monoisotopic (exact) mass is 714 g/mol. The number of benzene rings is 5. The first-order chi connectivity index (χ1) is 26.7. The van der Waals surface area contributed by atoms with Gasteiger partial charge >= 0.3 is 0 Å². The van der Waals surface area contributed by atoms with Gasteiger partial charge in [0, 0.05) is 76.5 Å². The Kier molecular flexibility index (Phi) is 11.1. The maximum atomic E-state index is 2.88. The molecule has 2 heterocycles. The summed E-state index contributed by atoms with van der Waals surface area (Å²) in [5, 5.41) is 0. The molecule has 4 nitrogen and oxygen atoms in total. The van der Waals surface area contributed by atoms with E-state index in [4.69, 9.17) is 0 Å². The standard InChI is InChI=1S/C50H58N4/c1-5-17-39(18-6-1)31-51-35-43-29-45-37-53(33-41-21-9-3-10-22-41)49-27-15-16-28-50(49)54(34-42-23-11-4-12-24-42)38-46(45)30-44(43)36-52(32-40-19-7-2-8-20-40)48-26-14-13-25-47(48)51/h1-12,17-24,29-30,47-50H,13-16,25-28,31-38H2/t47-,48-,49-,50-/m1/s1. The first-order valence-electron chi connectivity index (χ1n) is 21.0. The fraction of sp³-hybridized carbons (Fsp3) is 0.400. The van der Waals surface area contributed by atoms with E-state index in [1.54, 1.807) is 22.3 Å². The SMILES string of the molecule is c1ccc(CN2Cc3cc4c(cc3CN(Cc3ccccc3)[C@@H]3CCCC[C@H]32)CN(Cc2ccccc2)[C@@H]2CCCC[C@H]2N(Cc2ccccc2)C4)cc1. The van der Waals surface area contributed by atoms with Crippen LogP contribution in [0.3, 0.4) is 0 Å². The number of fused-ring (bicyclic) bond motifs is 4. The lowest BCUT2D eigenvalue weighted by Crippen LogP contribution is -2.54. The maximum Gasteiger partial charge on any atom is 0.0258 e. The summed E-state index contributed by atoms with van der Waals surface area (Å²) in [6.07, 6.45) is 10.5. The largest absolute Gasteiger partial charge is 0.290 e. The molecule has 0 unspecified atom stereocenters. The smallest absolute Gasteiger partial charge is 0.0258 e. The van der Waals surface area contributed by atoms with Crippen molar-refractivity contribution in [2.45, 2.75) is 128 Å². The number of rotatable bonds is 8. The fourth-order valence-electron chi connectivity index (χ4n) is 10.6. The van der Waals surface area contributed by atoms with Crippen LogP contribution in [-0.4, -0.2) is 43.8 Å². The Bertz CT molecular complexity index is 1650. The van der Waals surface area contributed by atoms with Crippen molar-refractivity contribution >= 4 is 0 Å². The molecule has 2 aliphatic carbocycles. The summed E-state index contributed by atoms with van der Waals surface area (Å²) in [6.45, 7) is 8.12. The second-order valence-corrected chi connectivity index (χ2v) is 16.8. The summed E-state index contributed by atoms with van der Waals surface area (Å²) in [4.78, 5) is 11.5. The molecule has 0 radical (unpaired) electrons. The van der Waals surface area contributed by atoms with Crippen LogP contribution in [-0.2, 0) is 52.4 Å². The van der Waals surface area contributed by atoms with E-state index < -0.39 is 0 Å². The van der Waals surface area contributed by atoms with E-state index in [-0.39, 0.29) is 0 Å². The highest BCUT2D eigenvalue weighted by Crippen LogP contribution is 2.38. The quantitative estimate of drug-likeness (QED) is 0.159. The van der Waals surface area contributed by atoms with Crippen molar-refractivity contribution in [2.75, 3.05) is 0 Å². The van der Waals surface area contributed by atoms with Gasteiger partial charge in [-0.15, -0.1) is 0 Å². The van der Waals surface area contributed by atoms with Gasteiger partial charge in [-0.25, -0.2) is 0 Å². The lowest BCUT2D eigenvalue weighted by molar-refractivity contribution is 0.0196. The summed E-state index contributed by atoms with van der Waals surface area (Å²) in [5.74, 6) is 0. The third-order valence-corrected chi connectivity index (χ3v) is 13.2. The molecule has 2 aliphatic heterocycles. The molecular weight excluding hydrogens is 657 g/mol. The Hall–Kier alpha value is -4.06. The minimum absolute atomic E-state index is 0.553. The van der Waals surface area contributed by atoms with Gasteiger partial charge in [-0.3, -0.25) is 19.6 Å². The van der Waals surface area contributed by atoms with E-state index in [0.29, 0.717) is 24.2 Å². The molecule has 4 atom stereocenters. The highest BCUT2D eigenvalue weighted by atomic mass is 15.3. The minimum atomic E-state index is 0.553. The average Bonchev–Trinajstić information content (AvgIpc) is 3.22. The number of hydrogen-bond acceptors (Lipinski definition) is 4. The van der Waals surface area contributed by atoms with Crippen LogP contribution in [0, 0.1) is 0 Å². The van der Waals surface area contributed by atoms with Crippen LogP contribution in [0.5, 0.6) is 0 Å². The van der Waals surface area contributed by atoms with Crippen LogP contribution >= 0.6 is 0 Å². The van der Waals surface area contributed by atoms with E-state index >= 15 is 0 Å². The normalized spacial score (nSPS) is 24.1. The van der Waals surface area contributed by atoms with Gasteiger partial charge in [-0.2, -0.15) is 0 Å². The minimum Gasteiger partial charge on any atom is -0.290 e. The van der Waals surface area contributed by atoms with Crippen molar-refractivity contribution in [2.24, 2.45) is 0 Å². The number of hydrogen-bond donors (Lipinski definition) is 0. The van der Waals surface area contributed by atoms with Gasteiger partial charge in [0.2, 0.25) is 0 Å². The Morgan fingerprint density at radius 3 is 0.759 bits per heavy atom. The van der Waals surface area contributed by atoms with Gasteiger partial charge in [-0.1, -0.05) is 159 Å². The van der Waals surface area contributed by atoms with E-state index in [9.17, 15) is 0 Å². The number of nitrogens with zero attached hydrogens (tertiary/aromatic N) is 4. The fourth-order valence-corrected chi connectivity index (χ4v) is 10.6. The third-order valence-electron chi connectivity index (χ3n) is 13.2. The second-order valence-electron chi connectivity index (χ2n) is 16.8. The lowest BCUT2D eigenvalue weighted by atomic mass is 9.83. The van der Waals surface area contributed by atoms with Gasteiger partial charge in [0.05, 0.1) is 0 Å². The second kappa shape index (κ2) is 16.8. The molecule has 278 valence electrons. The molecule has 2 saturated carbocycles. The van der Waals surface area contributed by atoms with E-state index in [1.165, 1.54) is 73.6 Å². The first kappa shape index (κ1) is 35.6. The molecule has 0 aromatic heterocycles. The topological polar surface area (TPSA) is 13.0 Å². The van der Waals surface area contributed by atoms with Crippen molar-refractivity contribution < 1.29 is 0 Å². The van der Waals surface area contributed by atoms with E-state index in [1.807, 2.05) is 0 Å². The zero-order valence-corrected chi connectivity index (χ0v) is 32.1. The van der Waals surface area contributed by atoms with Gasteiger partial charge < -0.3 is 0 Å². The molecule has 5 aromatic rings. The van der Waals surface area contributed by atoms with E-state index in [0.717, 1.165) is 52.4 Å². The predicted octanol–water partition coefficient (Wildman–Crippen LogP) is 10.3. The molecular formula is C50H58N4. The first-order valence-corrected chi connectivity index (χ1v) is 21.0. The molecule has 4 aliphatic rings. The molecule has 4 heteroatoms. The van der Waals surface area contributed by atoms with Crippen LogP contribution < -0.4 is 0 Å². The molecule has 9 rings (SSSR count). The molecule has 0 amide bonds. The van der Waals surface area contributed by atoms with Crippen LogP contribution in [0.15, 0.2) is 133 Å². The van der Waals surface area contributed by atoms with Crippen molar-refractivity contribution in [1.82, 2.24) is 19.6 Å². The summed E-state index contributed by atoms with van der Waals surface area (Å²) in [5.41, 5.74) is 11.9. The van der Waals surface area contributed by atoms with Crippen molar-refractivity contribution in [3.05, 3.63) is 178 Å². The zero-order valence-electron chi connectivity index (χ0n) is 32.1. The molecule has 0 spiro atoms. The van der Waals surface area contributed by atoms with Crippen LogP contribution in [0.4, 0.5) is 0 Å². The zero-order chi connectivity index (χ0) is 36.1. The van der Waals surface area contributed by atoms with Crippen LogP contribution in [0.25, 0.3) is 0 Å². The molecule has 5 aromatic carbocycles. The highest BCUT2D eigenvalue weighted by molar-refractivity contribution is 5.40. The van der Waals surface area contributed by atoms with Gasteiger partial charge in [0.15, 0.2) is 0 Å². The summed E-state index contributed by atoms with van der Waals surface area (Å²) in [6, 6.07) is 52.7. The lowest BCUT2D eigenvalue weighted by Gasteiger charge is -2.49. The van der Waals surface area contributed by atoms with Gasteiger partial charge in [-0.05, 0) is 70.2 Å². The molecule has 54 heavy (non-hydrogen) atoms. The molecule has 0 N–H and O–H groups in total. The van der Waals surface area contributed by atoms with Crippen LogP contribution in [0.1, 0.15) is 95.9 Å². The average molecular weight is 715 g/mol. The van der Waals surface area contributed by atoms with Crippen molar-refractivity contribution in [3.63, 3.8) is 0 Å².